The average Bonchev–Trinajstić information content (AvgIpc) is 2.91. The van der Waals surface area contributed by atoms with Crippen LogP contribution in [0.4, 0.5) is 13.2 Å². The number of aryl methyl sites for hydroxylation is 1. The van der Waals surface area contributed by atoms with E-state index >= 15 is 0 Å². The molecule has 1 aliphatic heterocycles. The van der Waals surface area contributed by atoms with Crippen LogP contribution in [0.1, 0.15) is 5.56 Å². The Hall–Kier alpha value is -1.96. The lowest BCUT2D eigenvalue weighted by molar-refractivity contribution is -0.188. The summed E-state index contributed by atoms with van der Waals surface area (Å²) in [4.78, 5) is 23.9. The number of benzene rings is 1. The minimum Gasteiger partial charge on any atom is -0.483 e. The van der Waals surface area contributed by atoms with Crippen LogP contribution in [0.25, 0.3) is 0 Å². The molecule has 0 spiro atoms. The van der Waals surface area contributed by atoms with Crippen LogP contribution >= 0.6 is 11.6 Å². The SMILES string of the molecule is Cc1cc(Cl)ccc1OCC(=O)N1C[C@@H](C(F)(F)F)[C@H](C(=O)O)C1. The van der Waals surface area contributed by atoms with Crippen LogP contribution in [0.5, 0.6) is 5.75 Å². The molecule has 132 valence electrons. The van der Waals surface area contributed by atoms with Gasteiger partial charge in [-0.1, -0.05) is 11.6 Å². The third-order valence-corrected chi connectivity index (χ3v) is 4.13. The fourth-order valence-corrected chi connectivity index (χ4v) is 2.82. The lowest BCUT2D eigenvalue weighted by Crippen LogP contribution is -2.35. The molecule has 1 aliphatic rings. The number of hydrogen-bond acceptors (Lipinski definition) is 3. The van der Waals surface area contributed by atoms with Crippen molar-refractivity contribution >= 4 is 23.5 Å². The number of carbonyl (C=O) groups excluding carboxylic acids is 1. The summed E-state index contributed by atoms with van der Waals surface area (Å²) in [6.07, 6.45) is -4.67. The number of aliphatic carboxylic acids is 1. The Morgan fingerprint density at radius 1 is 1.38 bits per heavy atom. The van der Waals surface area contributed by atoms with Gasteiger partial charge in [0.25, 0.3) is 5.91 Å². The fraction of sp³-hybridized carbons (Fsp3) is 0.467. The molecule has 0 aromatic heterocycles. The van der Waals surface area contributed by atoms with Gasteiger partial charge in [-0.2, -0.15) is 13.2 Å². The number of rotatable bonds is 4. The first-order valence-corrected chi connectivity index (χ1v) is 7.43. The normalized spacial score (nSPS) is 21.0. The number of carboxylic acids is 1. The molecule has 2 rings (SSSR count). The quantitative estimate of drug-likeness (QED) is 0.891. The summed E-state index contributed by atoms with van der Waals surface area (Å²) in [5.74, 6) is -5.61. The van der Waals surface area contributed by atoms with E-state index in [4.69, 9.17) is 21.4 Å². The van der Waals surface area contributed by atoms with Gasteiger partial charge < -0.3 is 14.7 Å². The van der Waals surface area contributed by atoms with E-state index in [0.29, 0.717) is 16.3 Å². The number of alkyl halides is 3. The van der Waals surface area contributed by atoms with Crippen molar-refractivity contribution < 1.29 is 32.6 Å². The minimum absolute atomic E-state index is 0.383. The lowest BCUT2D eigenvalue weighted by atomic mass is 9.96. The summed E-state index contributed by atoms with van der Waals surface area (Å²) >= 11 is 5.79. The number of amides is 1. The van der Waals surface area contributed by atoms with Crippen molar-refractivity contribution in [1.29, 1.82) is 0 Å². The van der Waals surface area contributed by atoms with Crippen LogP contribution in [0.3, 0.4) is 0 Å². The first-order valence-electron chi connectivity index (χ1n) is 7.06. The van der Waals surface area contributed by atoms with Crippen molar-refractivity contribution in [2.24, 2.45) is 11.8 Å². The second-order valence-corrected chi connectivity index (χ2v) is 6.03. The van der Waals surface area contributed by atoms with E-state index in [9.17, 15) is 22.8 Å². The molecule has 0 radical (unpaired) electrons. The minimum atomic E-state index is -4.67. The van der Waals surface area contributed by atoms with Crippen molar-refractivity contribution in [2.45, 2.75) is 13.1 Å². The molecule has 5 nitrogen and oxygen atoms in total. The maximum atomic E-state index is 12.9. The highest BCUT2D eigenvalue weighted by Crippen LogP contribution is 2.37. The molecular formula is C15H15ClF3NO4. The Morgan fingerprint density at radius 3 is 2.54 bits per heavy atom. The van der Waals surface area contributed by atoms with E-state index in [2.05, 4.69) is 0 Å². The van der Waals surface area contributed by atoms with Crippen molar-refractivity contribution in [3.05, 3.63) is 28.8 Å². The second-order valence-electron chi connectivity index (χ2n) is 5.59. The third kappa shape index (κ3) is 4.11. The highest BCUT2D eigenvalue weighted by molar-refractivity contribution is 6.30. The van der Waals surface area contributed by atoms with Crippen LogP contribution in [-0.2, 0) is 9.59 Å². The van der Waals surface area contributed by atoms with Gasteiger partial charge in [-0.05, 0) is 30.7 Å². The summed E-state index contributed by atoms with van der Waals surface area (Å²) in [6, 6.07) is 4.73. The molecule has 24 heavy (non-hydrogen) atoms. The Bertz CT molecular complexity index is 650. The number of halogens is 4. The topological polar surface area (TPSA) is 66.8 Å². The molecule has 0 unspecified atom stereocenters. The number of nitrogens with zero attached hydrogens (tertiary/aromatic N) is 1. The van der Waals surface area contributed by atoms with Gasteiger partial charge in [0, 0.05) is 18.1 Å². The molecule has 1 saturated heterocycles. The van der Waals surface area contributed by atoms with E-state index in [-0.39, 0.29) is 0 Å². The molecule has 0 bridgehead atoms. The maximum absolute atomic E-state index is 12.9. The molecule has 0 aliphatic carbocycles. The smallest absolute Gasteiger partial charge is 0.394 e. The third-order valence-electron chi connectivity index (χ3n) is 3.90. The number of carboxylic acid groups (broad SMARTS) is 1. The maximum Gasteiger partial charge on any atom is 0.394 e. The van der Waals surface area contributed by atoms with Gasteiger partial charge in [-0.15, -0.1) is 0 Å². The standard InChI is InChI=1S/C15H15ClF3NO4/c1-8-4-9(16)2-3-12(8)24-7-13(21)20-5-10(14(22)23)11(6-20)15(17,18)19/h2-4,10-11H,5-7H2,1H3,(H,22,23)/t10-,11-/m1/s1. The summed E-state index contributed by atoms with van der Waals surface area (Å²) in [7, 11) is 0. The molecule has 9 heteroatoms. The molecule has 1 amide bonds. The first-order chi connectivity index (χ1) is 11.1. The molecule has 1 fully saturated rings. The predicted octanol–water partition coefficient (Wildman–Crippen LogP) is 2.75. The van der Waals surface area contributed by atoms with E-state index in [1.54, 1.807) is 25.1 Å². The van der Waals surface area contributed by atoms with Crippen LogP contribution in [0.2, 0.25) is 5.02 Å². The molecule has 0 saturated carbocycles. The van der Waals surface area contributed by atoms with E-state index < -0.39 is 49.6 Å². The van der Waals surface area contributed by atoms with Gasteiger partial charge in [-0.3, -0.25) is 9.59 Å². The van der Waals surface area contributed by atoms with Crippen molar-refractivity contribution in [3.8, 4) is 5.75 Å². The Morgan fingerprint density at radius 2 is 2.04 bits per heavy atom. The molecule has 1 heterocycles. The van der Waals surface area contributed by atoms with Crippen LogP contribution in [0, 0.1) is 18.8 Å². The van der Waals surface area contributed by atoms with Crippen molar-refractivity contribution in [3.63, 3.8) is 0 Å². The van der Waals surface area contributed by atoms with Crippen LogP contribution < -0.4 is 4.74 Å². The zero-order valence-corrected chi connectivity index (χ0v) is 13.4. The largest absolute Gasteiger partial charge is 0.483 e. The van der Waals surface area contributed by atoms with Gasteiger partial charge >= 0.3 is 12.1 Å². The van der Waals surface area contributed by atoms with Gasteiger partial charge in [-0.25, -0.2) is 0 Å². The lowest BCUT2D eigenvalue weighted by Gasteiger charge is -2.18. The fourth-order valence-electron chi connectivity index (χ4n) is 2.59. The number of hydrogen-bond donors (Lipinski definition) is 1. The van der Waals surface area contributed by atoms with Crippen molar-refractivity contribution in [2.75, 3.05) is 19.7 Å². The van der Waals surface area contributed by atoms with Gasteiger partial charge in [0.1, 0.15) is 5.75 Å². The average molecular weight is 366 g/mol. The highest BCUT2D eigenvalue weighted by atomic mass is 35.5. The Labute approximate surface area is 141 Å². The van der Waals surface area contributed by atoms with Crippen molar-refractivity contribution in [1.82, 2.24) is 4.90 Å². The van der Waals surface area contributed by atoms with E-state index in [0.717, 1.165) is 4.90 Å². The van der Waals surface area contributed by atoms with E-state index in [1.807, 2.05) is 0 Å². The Kier molecular flexibility index (Phi) is 5.27. The zero-order valence-electron chi connectivity index (χ0n) is 12.6. The van der Waals surface area contributed by atoms with Gasteiger partial charge in [0.15, 0.2) is 6.61 Å². The highest BCUT2D eigenvalue weighted by Gasteiger charge is 2.53. The van der Waals surface area contributed by atoms with E-state index in [1.165, 1.54) is 0 Å². The molecule has 1 aromatic carbocycles. The molecule has 2 atom stereocenters. The summed E-state index contributed by atoms with van der Waals surface area (Å²) in [5, 5.41) is 9.42. The zero-order chi connectivity index (χ0) is 18.1. The molecular weight excluding hydrogens is 351 g/mol. The molecule has 1 N–H and O–H groups in total. The summed E-state index contributed by atoms with van der Waals surface area (Å²) in [6.45, 7) is 0.0740. The monoisotopic (exact) mass is 365 g/mol. The van der Waals surface area contributed by atoms with Crippen LogP contribution in [-0.4, -0.2) is 47.8 Å². The second kappa shape index (κ2) is 6.88. The Balaban J connectivity index is 2.01. The van der Waals surface area contributed by atoms with Crippen LogP contribution in [0.15, 0.2) is 18.2 Å². The van der Waals surface area contributed by atoms with Gasteiger partial charge in [0.2, 0.25) is 0 Å². The van der Waals surface area contributed by atoms with Gasteiger partial charge in [0.05, 0.1) is 11.8 Å². The summed E-state index contributed by atoms with van der Waals surface area (Å²) < 4.78 is 44.0. The number of likely N-dealkylation sites (tertiary alicyclic amines) is 1. The number of ether oxygens (including phenoxy) is 1. The predicted molar refractivity (Wildman–Crippen MR) is 78.9 cm³/mol. The molecule has 1 aromatic rings. The summed E-state index contributed by atoms with van der Waals surface area (Å²) in [5.41, 5.74) is 0.674. The first kappa shape index (κ1) is 18.4. The number of carbonyl (C=O) groups is 2.